The van der Waals surface area contributed by atoms with Crippen LogP contribution in [-0.4, -0.2) is 0 Å². The summed E-state index contributed by atoms with van der Waals surface area (Å²) in [6, 6.07) is 70.8. The van der Waals surface area contributed by atoms with Crippen LogP contribution in [0.5, 0.6) is 0 Å². The minimum Gasteiger partial charge on any atom is -0.0988 e. The molecule has 0 fully saturated rings. The van der Waals surface area contributed by atoms with E-state index in [1.54, 1.807) is 0 Å². The molecule has 0 heterocycles. The second-order valence-electron chi connectivity index (χ2n) is 20.4. The zero-order valence-corrected chi connectivity index (χ0v) is 42.0. The van der Waals surface area contributed by atoms with E-state index >= 15 is 0 Å². The van der Waals surface area contributed by atoms with Crippen molar-refractivity contribution in [3.05, 3.63) is 280 Å². The summed E-state index contributed by atoms with van der Waals surface area (Å²) < 4.78 is 0. The third-order valence-electron chi connectivity index (χ3n) is 14.8. The molecule has 9 aromatic rings. The smallest absolute Gasteiger partial charge is 0.0159 e. The molecule has 0 N–H and O–H groups in total. The summed E-state index contributed by atoms with van der Waals surface area (Å²) in [7, 11) is 0. The predicted octanol–water partition coefficient (Wildman–Crippen LogP) is 18.9. The fourth-order valence-electron chi connectivity index (χ4n) is 10.7. The Hall–Kier alpha value is -7.28. The first-order valence-corrected chi connectivity index (χ1v) is 24.8. The second kappa shape index (κ2) is 19.7. The molecule has 0 radical (unpaired) electrons. The van der Waals surface area contributed by atoms with Gasteiger partial charge in [-0.15, -0.1) is 0 Å². The SMILES string of the molecule is C=CC1=C(c2ccc(Cc3cc4c(c5ccccc35)-c3ccc(C(C)(C)c5ccccc5)cc3C4(C)C)cc2C)C=C(C)CC1.Cc1ccc(-c2cccc3ccccc23)cc1.Cc1ccccc1. The number of rotatable bonds is 7. The molecule has 0 bridgehead atoms. The Kier molecular flexibility index (Phi) is 13.4. The highest BCUT2D eigenvalue weighted by atomic mass is 14.4. The van der Waals surface area contributed by atoms with Gasteiger partial charge in [-0.25, -0.2) is 0 Å². The Labute approximate surface area is 412 Å². The minimum absolute atomic E-state index is 0.0764. The number of benzene rings is 9. The Morgan fingerprint density at radius 3 is 1.83 bits per heavy atom. The van der Waals surface area contributed by atoms with Gasteiger partial charge >= 0.3 is 0 Å². The number of fused-ring (bicyclic) bond motifs is 6. The van der Waals surface area contributed by atoms with Gasteiger partial charge in [0.1, 0.15) is 0 Å². The normalized spacial score (nSPS) is 13.7. The van der Waals surface area contributed by atoms with E-state index in [9.17, 15) is 0 Å². The van der Waals surface area contributed by atoms with Crippen molar-refractivity contribution in [1.82, 2.24) is 0 Å². The first-order valence-electron chi connectivity index (χ1n) is 24.8. The van der Waals surface area contributed by atoms with E-state index in [0.29, 0.717) is 0 Å². The number of hydrogen-bond acceptors (Lipinski definition) is 0. The maximum Gasteiger partial charge on any atom is 0.0159 e. The van der Waals surface area contributed by atoms with E-state index in [1.807, 2.05) is 24.3 Å². The molecule has 342 valence electrons. The summed E-state index contributed by atoms with van der Waals surface area (Å²) >= 11 is 0. The van der Waals surface area contributed by atoms with Crippen LogP contribution >= 0.6 is 0 Å². The van der Waals surface area contributed by atoms with Gasteiger partial charge < -0.3 is 0 Å². The molecule has 69 heavy (non-hydrogen) atoms. The predicted molar refractivity (Wildman–Crippen MR) is 299 cm³/mol. The van der Waals surface area contributed by atoms with Gasteiger partial charge in [-0.1, -0.05) is 257 Å². The average molecular weight is 895 g/mol. The molecule has 0 unspecified atom stereocenters. The van der Waals surface area contributed by atoms with Crippen molar-refractivity contribution in [2.45, 2.75) is 85.5 Å². The van der Waals surface area contributed by atoms with E-state index < -0.39 is 0 Å². The second-order valence-corrected chi connectivity index (χ2v) is 20.4. The van der Waals surface area contributed by atoms with Gasteiger partial charge in [0.2, 0.25) is 0 Å². The van der Waals surface area contributed by atoms with E-state index in [-0.39, 0.29) is 10.8 Å². The van der Waals surface area contributed by atoms with E-state index in [4.69, 9.17) is 0 Å². The van der Waals surface area contributed by atoms with Crippen LogP contribution in [0.4, 0.5) is 0 Å². The summed E-state index contributed by atoms with van der Waals surface area (Å²) in [6.45, 7) is 22.4. The molecular weight excluding hydrogens is 829 g/mol. The summed E-state index contributed by atoms with van der Waals surface area (Å²) in [5.74, 6) is 0. The summed E-state index contributed by atoms with van der Waals surface area (Å²) in [5.41, 5.74) is 23.0. The molecule has 0 amide bonds. The van der Waals surface area contributed by atoms with Gasteiger partial charge in [0.25, 0.3) is 0 Å². The molecule has 0 spiro atoms. The molecule has 0 atom stereocenters. The first kappa shape index (κ1) is 46.8. The van der Waals surface area contributed by atoms with Gasteiger partial charge in [-0.3, -0.25) is 0 Å². The minimum atomic E-state index is -0.0925. The molecule has 0 aromatic heterocycles. The quantitative estimate of drug-likeness (QED) is 0.150. The van der Waals surface area contributed by atoms with Crippen molar-refractivity contribution in [1.29, 1.82) is 0 Å². The van der Waals surface area contributed by atoms with Gasteiger partial charge in [0.05, 0.1) is 0 Å². The zero-order valence-electron chi connectivity index (χ0n) is 42.0. The molecular formula is C69H66. The van der Waals surface area contributed by atoms with Crippen LogP contribution in [0.3, 0.4) is 0 Å². The molecule has 0 nitrogen and oxygen atoms in total. The first-order chi connectivity index (χ1) is 33.3. The van der Waals surface area contributed by atoms with Crippen LogP contribution in [0.1, 0.15) is 103 Å². The largest absolute Gasteiger partial charge is 0.0988 e. The van der Waals surface area contributed by atoms with E-state index in [2.05, 4.69) is 244 Å². The summed E-state index contributed by atoms with van der Waals surface area (Å²) in [6.07, 6.45) is 7.53. The molecule has 11 rings (SSSR count). The van der Waals surface area contributed by atoms with E-state index in [0.717, 1.165) is 19.3 Å². The number of allylic oxidation sites excluding steroid dienone is 5. The lowest BCUT2D eigenvalue weighted by atomic mass is 9.75. The highest BCUT2D eigenvalue weighted by Gasteiger charge is 2.38. The maximum absolute atomic E-state index is 4.12. The van der Waals surface area contributed by atoms with Gasteiger partial charge in [0, 0.05) is 10.8 Å². The third kappa shape index (κ3) is 9.59. The van der Waals surface area contributed by atoms with Crippen molar-refractivity contribution in [2.24, 2.45) is 0 Å². The van der Waals surface area contributed by atoms with Gasteiger partial charge in [-0.05, 0) is 146 Å². The maximum atomic E-state index is 4.12. The van der Waals surface area contributed by atoms with Crippen LogP contribution in [0, 0.1) is 20.8 Å². The Balaban J connectivity index is 0.000000200. The molecule has 0 saturated carbocycles. The van der Waals surface area contributed by atoms with Crippen LogP contribution in [0.15, 0.2) is 224 Å². The fourth-order valence-corrected chi connectivity index (χ4v) is 10.7. The standard InChI is InChI=1S/C45H44.C17H14.C7H8/c1-8-32-20-18-29(2)24-40(32)36-22-19-31(25-30(36)3)26-33-27-42-43(38-17-13-12-16-37(33)38)39-23-21-35(28-41(39)45(42,6)7)44(4,5)34-14-10-9-11-15-34;1-13-9-11-15(12-10-13)17-8-4-6-14-5-2-3-7-16(14)17;1-7-5-3-2-4-6-7/h8-17,19,21-25,27-28H,1,18,20,26H2,2-7H3;2-12H,1H3;2-6H,1H3. The van der Waals surface area contributed by atoms with Crippen LogP contribution in [0.25, 0.3) is 49.4 Å². The summed E-state index contributed by atoms with van der Waals surface area (Å²) in [5, 5.41) is 5.34. The van der Waals surface area contributed by atoms with Crippen molar-refractivity contribution < 1.29 is 0 Å². The average Bonchev–Trinajstić information content (AvgIpc) is 3.60. The lowest BCUT2D eigenvalue weighted by Gasteiger charge is -2.29. The lowest BCUT2D eigenvalue weighted by molar-refractivity contribution is 0.626. The zero-order chi connectivity index (χ0) is 48.3. The third-order valence-corrected chi connectivity index (χ3v) is 14.8. The molecule has 0 heteroatoms. The van der Waals surface area contributed by atoms with Crippen molar-refractivity contribution >= 4 is 27.1 Å². The molecule has 2 aliphatic carbocycles. The Morgan fingerprint density at radius 2 is 1.14 bits per heavy atom. The highest BCUT2D eigenvalue weighted by molar-refractivity contribution is 6.04. The Morgan fingerprint density at radius 1 is 0.522 bits per heavy atom. The molecule has 2 aliphatic rings. The fraction of sp³-hybridized carbons (Fsp3) is 0.188. The summed E-state index contributed by atoms with van der Waals surface area (Å²) in [4.78, 5) is 0. The van der Waals surface area contributed by atoms with Crippen LogP contribution < -0.4 is 0 Å². The van der Waals surface area contributed by atoms with Gasteiger partial charge in [-0.2, -0.15) is 0 Å². The van der Waals surface area contributed by atoms with Crippen molar-refractivity contribution in [3.8, 4) is 22.3 Å². The topological polar surface area (TPSA) is 0 Å². The molecule has 0 saturated heterocycles. The highest BCUT2D eigenvalue weighted by Crippen LogP contribution is 2.53. The van der Waals surface area contributed by atoms with Crippen molar-refractivity contribution in [3.63, 3.8) is 0 Å². The van der Waals surface area contributed by atoms with Gasteiger partial charge in [0.15, 0.2) is 0 Å². The van der Waals surface area contributed by atoms with Crippen molar-refractivity contribution in [2.75, 3.05) is 0 Å². The number of hydrogen-bond donors (Lipinski definition) is 0. The molecule has 9 aromatic carbocycles. The molecule has 0 aliphatic heterocycles. The number of aryl methyl sites for hydroxylation is 3. The van der Waals surface area contributed by atoms with Crippen LogP contribution in [0.2, 0.25) is 0 Å². The van der Waals surface area contributed by atoms with E-state index in [1.165, 1.54) is 116 Å². The monoisotopic (exact) mass is 895 g/mol. The Bertz CT molecular complexity index is 3370. The van der Waals surface area contributed by atoms with Crippen LogP contribution in [-0.2, 0) is 17.3 Å². The lowest BCUT2D eigenvalue weighted by Crippen LogP contribution is -2.21.